The van der Waals surface area contributed by atoms with Crippen LogP contribution in [0, 0.1) is 0 Å². The van der Waals surface area contributed by atoms with E-state index in [0.717, 1.165) is 0 Å². The Bertz CT molecular complexity index is 279. The van der Waals surface area contributed by atoms with Gasteiger partial charge in [0.25, 0.3) is 0 Å². The van der Waals surface area contributed by atoms with Crippen molar-refractivity contribution in [2.75, 3.05) is 0 Å². The molecule has 1 unspecified atom stereocenters. The number of aromatic nitrogens is 1. The Kier molecular flexibility index (Phi) is 3.63. The molecule has 0 aromatic carbocycles. The van der Waals surface area contributed by atoms with Gasteiger partial charge in [-0.1, -0.05) is 6.07 Å². The molecule has 7 heteroatoms. The van der Waals surface area contributed by atoms with Crippen LogP contribution in [0.3, 0.4) is 0 Å². The van der Waals surface area contributed by atoms with E-state index >= 15 is 0 Å². The molecule has 78 valence electrons. The van der Waals surface area contributed by atoms with Gasteiger partial charge in [-0.05, 0) is 5.80 Å². The fraction of sp³-hybridized carbons (Fsp3) is 0.429. The first kappa shape index (κ1) is 11.2. The van der Waals surface area contributed by atoms with E-state index in [1.807, 2.05) is 0 Å². The van der Waals surface area contributed by atoms with E-state index in [1.54, 1.807) is 5.80 Å². The van der Waals surface area contributed by atoms with Crippen molar-refractivity contribution in [3.05, 3.63) is 17.9 Å². The number of hydrogen-bond donors (Lipinski definition) is 0. The lowest BCUT2D eigenvalue weighted by atomic mass is 10.4. The van der Waals surface area contributed by atoms with Crippen LogP contribution in [-0.2, 0) is 0 Å². The molecule has 0 spiro atoms. The van der Waals surface area contributed by atoms with Gasteiger partial charge in [0.15, 0.2) is 0 Å². The quantitative estimate of drug-likeness (QED) is 0.739. The van der Waals surface area contributed by atoms with Gasteiger partial charge in [0, 0.05) is 14.4 Å². The zero-order valence-corrected chi connectivity index (χ0v) is 7.73. The van der Waals surface area contributed by atoms with Gasteiger partial charge < -0.3 is 4.74 Å². The van der Waals surface area contributed by atoms with Crippen LogP contribution in [0.25, 0.3) is 0 Å². The Morgan fingerprint density at radius 3 is 2.71 bits per heavy atom. The average Bonchev–Trinajstić information content (AvgIpc) is 2.02. The summed E-state index contributed by atoms with van der Waals surface area (Å²) in [7, 11) is 0.520. The summed E-state index contributed by atoms with van der Waals surface area (Å²) in [5.74, 6) is 1.52. The van der Waals surface area contributed by atoms with Crippen molar-refractivity contribution >= 4 is 8.35 Å². The molecule has 0 N–H and O–H groups in total. The molecule has 0 aliphatic rings. The van der Waals surface area contributed by atoms with E-state index in [2.05, 4.69) is 9.48 Å². The van der Waals surface area contributed by atoms with Crippen LogP contribution in [0.15, 0.2) is 17.9 Å². The van der Waals surface area contributed by atoms with Gasteiger partial charge in [-0.15, -0.1) is 0 Å². The van der Waals surface area contributed by atoms with Gasteiger partial charge in [0.05, 0.1) is 0 Å². The predicted octanol–water partition coefficient (Wildman–Crippen LogP) is 3.29. The second kappa shape index (κ2) is 4.55. The molecule has 0 saturated heterocycles. The van der Waals surface area contributed by atoms with Crippen LogP contribution in [-0.4, -0.2) is 17.3 Å². The van der Waals surface area contributed by atoms with E-state index in [9.17, 15) is 17.6 Å². The summed E-state index contributed by atoms with van der Waals surface area (Å²) in [6, 6.07) is 2.84. The molecular weight excluding hydrogens is 221 g/mol. The molecule has 1 heterocycles. The summed E-state index contributed by atoms with van der Waals surface area (Å²) in [6.07, 6.45) is -8.59. The van der Waals surface area contributed by atoms with Crippen molar-refractivity contribution < 1.29 is 22.3 Å². The number of rotatable bonds is 3. The van der Waals surface area contributed by atoms with Crippen LogP contribution in [0.4, 0.5) is 17.6 Å². The summed E-state index contributed by atoms with van der Waals surface area (Å²) in [6.45, 7) is 0. The minimum atomic E-state index is -4.57. The average molecular weight is 227 g/mol. The van der Waals surface area contributed by atoms with Gasteiger partial charge in [-0.2, -0.15) is 17.9 Å². The highest BCUT2D eigenvalue weighted by atomic mass is 31.0. The molecule has 1 rings (SSSR count). The fourth-order valence-electron chi connectivity index (χ4n) is 0.705. The molecule has 0 bridgehead atoms. The number of alkyl halides is 4. The maximum Gasteiger partial charge on any atom is 0.395 e. The topological polar surface area (TPSA) is 22.1 Å². The van der Waals surface area contributed by atoms with Gasteiger partial charge in [0.1, 0.15) is 6.42 Å². The Morgan fingerprint density at radius 2 is 2.21 bits per heavy atom. The first-order chi connectivity index (χ1) is 6.47. The third kappa shape index (κ3) is 4.37. The first-order valence-electron chi connectivity index (χ1n) is 3.62. The standard InChI is InChI=1S/C7H6F4NOP/c8-5(4-7(9,10)11)13-6-2-1-3-14-12-6/h1-3,5H,4H2. The van der Waals surface area contributed by atoms with Crippen LogP contribution in [0.2, 0.25) is 0 Å². The van der Waals surface area contributed by atoms with Crippen molar-refractivity contribution in [2.24, 2.45) is 0 Å². The number of halogens is 4. The molecule has 14 heavy (non-hydrogen) atoms. The third-order valence-corrected chi connectivity index (χ3v) is 1.81. The lowest BCUT2D eigenvalue weighted by Crippen LogP contribution is -2.20. The molecule has 0 fully saturated rings. The maximum absolute atomic E-state index is 12.6. The summed E-state index contributed by atoms with van der Waals surface area (Å²) in [5.41, 5.74) is 0. The van der Waals surface area contributed by atoms with Gasteiger partial charge >= 0.3 is 6.18 Å². The molecule has 0 aliphatic carbocycles. The summed E-state index contributed by atoms with van der Waals surface area (Å²) >= 11 is 0. The van der Waals surface area contributed by atoms with E-state index in [1.165, 1.54) is 12.1 Å². The maximum atomic E-state index is 12.6. The summed E-state index contributed by atoms with van der Waals surface area (Å²) < 4.78 is 55.6. The smallest absolute Gasteiger partial charge is 0.395 e. The second-order valence-corrected chi connectivity index (χ2v) is 3.14. The first-order valence-corrected chi connectivity index (χ1v) is 4.54. The molecule has 1 atom stereocenters. The summed E-state index contributed by atoms with van der Waals surface area (Å²) in [4.78, 5) is 0. The van der Waals surface area contributed by atoms with Gasteiger partial charge in [-0.3, -0.25) is 0 Å². The monoisotopic (exact) mass is 227 g/mol. The molecule has 0 aliphatic heterocycles. The molecule has 1 aromatic heterocycles. The number of nitrogens with zero attached hydrogens (tertiary/aromatic N) is 1. The largest absolute Gasteiger partial charge is 0.443 e. The third-order valence-electron chi connectivity index (χ3n) is 1.19. The zero-order chi connectivity index (χ0) is 10.6. The van der Waals surface area contributed by atoms with E-state index in [4.69, 9.17) is 0 Å². The van der Waals surface area contributed by atoms with Crippen molar-refractivity contribution in [1.82, 2.24) is 4.75 Å². The minimum absolute atomic E-state index is 0.120. The molecule has 0 radical (unpaired) electrons. The second-order valence-electron chi connectivity index (χ2n) is 2.41. The van der Waals surface area contributed by atoms with E-state index < -0.39 is 19.0 Å². The highest BCUT2D eigenvalue weighted by Crippen LogP contribution is 2.24. The molecule has 0 saturated carbocycles. The van der Waals surface area contributed by atoms with E-state index in [-0.39, 0.29) is 5.88 Å². The Hall–Kier alpha value is -0.900. The highest BCUT2D eigenvalue weighted by Gasteiger charge is 2.33. The molecule has 2 nitrogen and oxygen atoms in total. The van der Waals surface area contributed by atoms with Crippen molar-refractivity contribution in [3.63, 3.8) is 0 Å². The van der Waals surface area contributed by atoms with E-state index in [0.29, 0.717) is 8.35 Å². The Morgan fingerprint density at radius 1 is 1.50 bits per heavy atom. The Balaban J connectivity index is 2.46. The zero-order valence-electron chi connectivity index (χ0n) is 6.83. The molecular formula is C7H6F4NOP. The Labute approximate surface area is 79.1 Å². The molecule has 0 amide bonds. The number of ether oxygens (including phenoxy) is 1. The van der Waals surface area contributed by atoms with Crippen molar-refractivity contribution in [3.8, 4) is 5.88 Å². The summed E-state index contributed by atoms with van der Waals surface area (Å²) in [5, 5.41) is 0. The SMILES string of the molecule is FC(CC(F)(F)F)Oc1cccpn1. The number of hydrogen-bond acceptors (Lipinski definition) is 2. The van der Waals surface area contributed by atoms with Crippen LogP contribution >= 0.6 is 8.35 Å². The normalized spacial score (nSPS) is 14.3. The van der Waals surface area contributed by atoms with Crippen LogP contribution in [0.1, 0.15) is 6.42 Å². The highest BCUT2D eigenvalue weighted by molar-refractivity contribution is 7.24. The van der Waals surface area contributed by atoms with Crippen molar-refractivity contribution in [1.29, 1.82) is 0 Å². The lowest BCUT2D eigenvalue weighted by Gasteiger charge is -2.11. The van der Waals surface area contributed by atoms with Crippen LogP contribution in [0.5, 0.6) is 5.88 Å². The predicted molar refractivity (Wildman–Crippen MR) is 42.9 cm³/mol. The van der Waals surface area contributed by atoms with Gasteiger partial charge in [0.2, 0.25) is 12.2 Å². The van der Waals surface area contributed by atoms with Crippen LogP contribution < -0.4 is 4.74 Å². The van der Waals surface area contributed by atoms with Gasteiger partial charge in [-0.25, -0.2) is 4.39 Å². The molecule has 1 aromatic rings. The minimum Gasteiger partial charge on any atom is -0.443 e. The van der Waals surface area contributed by atoms with Crippen molar-refractivity contribution in [2.45, 2.75) is 19.0 Å². The fourth-order valence-corrected chi connectivity index (χ4v) is 1.16. The lowest BCUT2D eigenvalue weighted by molar-refractivity contribution is -0.166.